The van der Waals surface area contributed by atoms with E-state index in [1.807, 2.05) is 0 Å². The Bertz CT molecular complexity index is 1190. The van der Waals surface area contributed by atoms with Crippen LogP contribution in [0.25, 0.3) is 0 Å². The molecule has 2 atom stereocenters. The van der Waals surface area contributed by atoms with Crippen molar-refractivity contribution in [2.45, 2.75) is 174 Å². The largest absolute Gasteiger partial charge is 0.0996 e. The summed E-state index contributed by atoms with van der Waals surface area (Å²) in [7, 11) is 0. The molecule has 0 radical (unpaired) electrons. The Labute approximate surface area is 264 Å². The summed E-state index contributed by atoms with van der Waals surface area (Å²) in [5, 5.41) is 0. The zero-order chi connectivity index (χ0) is 33.3. The number of rotatable bonds is 11. The Hall–Kier alpha value is -1.30. The van der Waals surface area contributed by atoms with Gasteiger partial charge in [0.05, 0.1) is 0 Å². The topological polar surface area (TPSA) is 0 Å². The molecule has 2 unspecified atom stereocenters. The van der Waals surface area contributed by atoms with E-state index >= 15 is 0 Å². The van der Waals surface area contributed by atoms with Crippen LogP contribution >= 0.6 is 0 Å². The van der Waals surface area contributed by atoms with Crippen LogP contribution in [0.3, 0.4) is 0 Å². The van der Waals surface area contributed by atoms with E-state index in [9.17, 15) is 0 Å². The maximum Gasteiger partial charge on any atom is -0.00153 e. The molecule has 0 N–H and O–H groups in total. The summed E-state index contributed by atoms with van der Waals surface area (Å²) in [6.07, 6.45) is 6.10. The summed E-state index contributed by atoms with van der Waals surface area (Å²) < 4.78 is 0. The normalized spacial score (nSPS) is 22.7. The molecule has 42 heavy (non-hydrogen) atoms. The summed E-state index contributed by atoms with van der Waals surface area (Å²) in [6, 6.07) is 7.74. The van der Waals surface area contributed by atoms with E-state index in [4.69, 9.17) is 0 Å². The molecule has 1 aromatic carbocycles. The maximum atomic E-state index is 4.39. The molecule has 0 heteroatoms. The molecule has 1 saturated carbocycles. The van der Waals surface area contributed by atoms with E-state index in [1.54, 1.807) is 5.56 Å². The lowest BCUT2D eigenvalue weighted by molar-refractivity contribution is 0.0431. The van der Waals surface area contributed by atoms with Gasteiger partial charge in [0, 0.05) is 0 Å². The van der Waals surface area contributed by atoms with Crippen LogP contribution in [-0.4, -0.2) is 0 Å². The van der Waals surface area contributed by atoms with E-state index in [0.29, 0.717) is 0 Å². The average molecular weight is 577 g/mol. The third-order valence-electron chi connectivity index (χ3n) is 13.7. The van der Waals surface area contributed by atoms with Gasteiger partial charge in [-0.3, -0.25) is 0 Å². The fourth-order valence-electron chi connectivity index (χ4n) is 7.82. The first-order chi connectivity index (χ1) is 18.3. The SMILES string of the molecule is C=C(C)C(C)(C)C(C)(C)CC(C)(C)C(C)(C)c1cc(C(C)(C)C)cc(C2(C)CC2(C)CC(C)(C)C(C)(C)C=C(C)C)c1. The number of hydrogen-bond acceptors (Lipinski definition) is 0. The number of allylic oxidation sites excluding steroid dienone is 3. The minimum atomic E-state index is -0.00219. The molecular weight excluding hydrogens is 504 g/mol. The first-order valence-corrected chi connectivity index (χ1v) is 16.8. The molecule has 1 aromatic rings. The Morgan fingerprint density at radius 3 is 1.62 bits per heavy atom. The standard InChI is InChI=1S/C42H72/c1-29(2)25-35(8,9)36(10,11)27-41(20)28-42(41,21)33-23-31(34(5,6)7)22-32(24-33)40(18,19)38(14,15)26-37(12,13)39(16,17)30(3)4/h22-25H,3,26-28H2,1-2,4-21H3. The third kappa shape index (κ3) is 6.54. The molecule has 2 rings (SSSR count). The Morgan fingerprint density at radius 2 is 1.19 bits per heavy atom. The Kier molecular flexibility index (Phi) is 9.36. The van der Waals surface area contributed by atoms with Crippen LogP contribution in [0.5, 0.6) is 0 Å². The Morgan fingerprint density at radius 1 is 0.714 bits per heavy atom. The molecule has 0 saturated heterocycles. The van der Waals surface area contributed by atoms with E-state index < -0.39 is 0 Å². The number of benzene rings is 1. The zero-order valence-electron chi connectivity index (χ0n) is 32.1. The molecule has 1 fully saturated rings. The van der Waals surface area contributed by atoms with Crippen molar-refractivity contribution in [2.75, 3.05) is 0 Å². The molecule has 0 nitrogen and oxygen atoms in total. The van der Waals surface area contributed by atoms with Gasteiger partial charge in [-0.1, -0.05) is 160 Å². The molecule has 0 aliphatic heterocycles. The average Bonchev–Trinajstić information content (AvgIpc) is 3.30. The summed E-state index contributed by atoms with van der Waals surface area (Å²) in [6.45, 7) is 52.9. The quantitative estimate of drug-likeness (QED) is 0.230. The van der Waals surface area contributed by atoms with Crippen molar-refractivity contribution in [2.24, 2.45) is 32.5 Å². The molecule has 0 spiro atoms. The van der Waals surface area contributed by atoms with Gasteiger partial charge in [-0.2, -0.15) is 0 Å². The predicted octanol–water partition coefficient (Wildman–Crippen LogP) is 13.4. The van der Waals surface area contributed by atoms with Crippen molar-refractivity contribution in [3.63, 3.8) is 0 Å². The molecule has 0 aromatic heterocycles. The first kappa shape index (κ1) is 36.9. The summed E-state index contributed by atoms with van der Waals surface area (Å²) in [5.41, 5.74) is 8.38. The van der Waals surface area contributed by atoms with Crippen molar-refractivity contribution in [1.29, 1.82) is 0 Å². The Balaban J connectivity index is 2.64. The van der Waals surface area contributed by atoms with E-state index in [2.05, 4.69) is 169 Å². The second kappa shape index (κ2) is 10.7. The van der Waals surface area contributed by atoms with Crippen LogP contribution in [0.1, 0.15) is 174 Å². The van der Waals surface area contributed by atoms with Gasteiger partial charge in [-0.05, 0) is 105 Å². The van der Waals surface area contributed by atoms with Crippen molar-refractivity contribution in [1.82, 2.24) is 0 Å². The molecule has 0 bridgehead atoms. The molecule has 240 valence electrons. The highest BCUT2D eigenvalue weighted by Crippen LogP contribution is 2.70. The van der Waals surface area contributed by atoms with Gasteiger partial charge in [0.1, 0.15) is 0 Å². The lowest BCUT2D eigenvalue weighted by Gasteiger charge is -2.52. The summed E-state index contributed by atoms with van der Waals surface area (Å²) in [5.74, 6) is 0. The van der Waals surface area contributed by atoms with E-state index in [-0.39, 0.29) is 48.7 Å². The molecule has 1 aliphatic rings. The second-order valence-corrected chi connectivity index (χ2v) is 20.1. The number of hydrogen-bond donors (Lipinski definition) is 0. The smallest absolute Gasteiger partial charge is 0.00153 e. The highest BCUT2D eigenvalue weighted by Gasteiger charge is 2.64. The summed E-state index contributed by atoms with van der Waals surface area (Å²) >= 11 is 0. The maximum absolute atomic E-state index is 4.39. The fraction of sp³-hybridized carbons (Fsp3) is 0.762. The van der Waals surface area contributed by atoms with Crippen molar-refractivity contribution in [3.05, 3.63) is 58.7 Å². The molecule has 0 amide bonds. The fourth-order valence-corrected chi connectivity index (χ4v) is 7.82. The van der Waals surface area contributed by atoms with Crippen LogP contribution in [0.4, 0.5) is 0 Å². The van der Waals surface area contributed by atoms with Crippen LogP contribution < -0.4 is 0 Å². The molecule has 0 heterocycles. The highest BCUT2D eigenvalue weighted by atomic mass is 14.7. The predicted molar refractivity (Wildman–Crippen MR) is 191 cm³/mol. The lowest BCUT2D eigenvalue weighted by Crippen LogP contribution is -2.44. The molecule has 1 aliphatic carbocycles. The van der Waals surface area contributed by atoms with Gasteiger partial charge in [0.25, 0.3) is 0 Å². The van der Waals surface area contributed by atoms with Gasteiger partial charge >= 0.3 is 0 Å². The third-order valence-corrected chi connectivity index (χ3v) is 13.7. The van der Waals surface area contributed by atoms with Crippen molar-refractivity contribution >= 4 is 0 Å². The van der Waals surface area contributed by atoms with Crippen LogP contribution in [0, 0.1) is 32.5 Å². The van der Waals surface area contributed by atoms with E-state index in [0.717, 1.165) is 6.42 Å². The highest BCUT2D eigenvalue weighted by molar-refractivity contribution is 5.46. The first-order valence-electron chi connectivity index (χ1n) is 16.8. The van der Waals surface area contributed by atoms with E-state index in [1.165, 1.54) is 35.1 Å². The monoisotopic (exact) mass is 577 g/mol. The van der Waals surface area contributed by atoms with Gasteiger partial charge in [-0.25, -0.2) is 0 Å². The lowest BCUT2D eigenvalue weighted by atomic mass is 9.53. The minimum Gasteiger partial charge on any atom is -0.0996 e. The van der Waals surface area contributed by atoms with Gasteiger partial charge in [-0.15, -0.1) is 0 Å². The van der Waals surface area contributed by atoms with Crippen molar-refractivity contribution in [3.8, 4) is 0 Å². The van der Waals surface area contributed by atoms with Crippen molar-refractivity contribution < 1.29 is 0 Å². The molecular formula is C42H72. The summed E-state index contributed by atoms with van der Waals surface area (Å²) in [4.78, 5) is 0. The van der Waals surface area contributed by atoms with Crippen LogP contribution in [0.15, 0.2) is 42.0 Å². The minimum absolute atomic E-state index is 0.00219. The van der Waals surface area contributed by atoms with Gasteiger partial charge in [0.2, 0.25) is 0 Å². The van der Waals surface area contributed by atoms with Gasteiger partial charge in [0.15, 0.2) is 0 Å². The second-order valence-electron chi connectivity index (χ2n) is 20.1. The zero-order valence-corrected chi connectivity index (χ0v) is 32.1. The van der Waals surface area contributed by atoms with Crippen LogP contribution in [-0.2, 0) is 16.2 Å². The van der Waals surface area contributed by atoms with Gasteiger partial charge < -0.3 is 0 Å². The van der Waals surface area contributed by atoms with Crippen LogP contribution in [0.2, 0.25) is 0 Å².